The van der Waals surface area contributed by atoms with Crippen molar-refractivity contribution in [3.05, 3.63) is 23.4 Å². The Morgan fingerprint density at radius 3 is 2.33 bits per heavy atom. The van der Waals surface area contributed by atoms with Gasteiger partial charge in [0.15, 0.2) is 6.10 Å². The van der Waals surface area contributed by atoms with Gasteiger partial charge in [0.2, 0.25) is 5.12 Å². The van der Waals surface area contributed by atoms with Gasteiger partial charge in [-0.3, -0.25) is 9.59 Å². The maximum Gasteiger partial charge on any atom is 0.417 e. The van der Waals surface area contributed by atoms with E-state index < -0.39 is 40.8 Å². The molecule has 3 atom stereocenters. The van der Waals surface area contributed by atoms with Gasteiger partial charge in [-0.15, -0.1) is 0 Å². The zero-order valence-electron chi connectivity index (χ0n) is 13.6. The number of methoxy groups -OCH3 is 1. The molecule has 134 valence electrons. The minimum absolute atomic E-state index is 0.151. The zero-order chi connectivity index (χ0) is 18.7. The van der Waals surface area contributed by atoms with Crippen molar-refractivity contribution in [1.29, 1.82) is 0 Å². The van der Waals surface area contributed by atoms with Gasteiger partial charge in [0, 0.05) is 6.20 Å². The largest absolute Gasteiger partial charge is 0.469 e. The van der Waals surface area contributed by atoms with E-state index >= 15 is 0 Å². The number of hydrogen-bond acceptors (Lipinski definition) is 5. The van der Waals surface area contributed by atoms with E-state index in [0.29, 0.717) is 18.0 Å². The molecule has 9 heteroatoms. The number of nitrogens with zero attached hydrogens (tertiary/aromatic N) is 1. The molecule has 0 radical (unpaired) electrons. The molecule has 3 unspecified atom stereocenters. The van der Waals surface area contributed by atoms with Crippen molar-refractivity contribution in [3.63, 3.8) is 0 Å². The topological polar surface area (TPSA) is 79.2 Å². The average Bonchev–Trinajstić information content (AvgIpc) is 2.52. The lowest BCUT2D eigenvalue weighted by Crippen LogP contribution is -2.35. The molecule has 0 amide bonds. The van der Waals surface area contributed by atoms with Crippen LogP contribution in [0.15, 0.2) is 17.3 Å². The molecule has 24 heavy (non-hydrogen) atoms. The smallest absolute Gasteiger partial charge is 0.417 e. The minimum Gasteiger partial charge on any atom is -0.469 e. The molecule has 0 spiro atoms. The fourth-order valence-corrected chi connectivity index (χ4v) is 2.77. The average molecular weight is 366 g/mol. The lowest BCUT2D eigenvalue weighted by molar-refractivity contribution is -0.150. The number of halogens is 3. The van der Waals surface area contributed by atoms with E-state index in [9.17, 15) is 22.8 Å². The number of hydrogen-bond donors (Lipinski definition) is 0. The number of aromatic nitrogens is 1. The Bertz CT molecular complexity index is 621. The monoisotopic (exact) mass is 366 g/mol. The third-order valence-electron chi connectivity index (χ3n) is 3.58. The molecule has 1 heterocycles. The van der Waals surface area contributed by atoms with Gasteiger partial charge in [-0.25, -0.2) is 4.98 Å². The van der Waals surface area contributed by atoms with Gasteiger partial charge < -0.3 is 9.84 Å². The summed E-state index contributed by atoms with van der Waals surface area (Å²) in [5.41, 5.74) is -0.666. The molecular formula is C15H19F3NO4S+. The van der Waals surface area contributed by atoms with Crippen LogP contribution in [0.5, 0.6) is 0 Å². The number of carbonyl (C=O) groups excluding carboxylic acids is 2. The Morgan fingerprint density at radius 2 is 1.88 bits per heavy atom. The van der Waals surface area contributed by atoms with Gasteiger partial charge in [-0.2, -0.15) is 13.2 Å². The zero-order valence-corrected chi connectivity index (χ0v) is 14.4. The Hall–Kier alpha value is -1.61. The van der Waals surface area contributed by atoms with Crippen LogP contribution in [0, 0.1) is 18.8 Å². The van der Waals surface area contributed by atoms with Crippen molar-refractivity contribution in [1.82, 2.24) is 4.98 Å². The first-order valence-electron chi connectivity index (χ1n) is 7.03. The standard InChI is InChI=1S/C15H18F3NO4S/c1-7-5-10(15(16,17)18)6-19-12(7)24-14(22)9(3)11(20)8(2)13(21)23-4/h5-6,8-9,11,20H,1-4H3/p+1. The first kappa shape index (κ1) is 20.4. The van der Waals surface area contributed by atoms with E-state index in [1.54, 1.807) is 0 Å². The van der Waals surface area contributed by atoms with E-state index in [1.807, 2.05) is 0 Å². The van der Waals surface area contributed by atoms with E-state index in [4.69, 9.17) is 5.11 Å². The van der Waals surface area contributed by atoms with Crippen molar-refractivity contribution < 1.29 is 32.6 Å². The lowest BCUT2D eigenvalue weighted by Gasteiger charge is -2.18. The summed E-state index contributed by atoms with van der Waals surface area (Å²) >= 11 is 0.673. The van der Waals surface area contributed by atoms with Crippen molar-refractivity contribution in [2.45, 2.75) is 38.1 Å². The van der Waals surface area contributed by atoms with Gasteiger partial charge in [0.1, 0.15) is 10.9 Å². The van der Waals surface area contributed by atoms with Gasteiger partial charge in [-0.05, 0) is 44.2 Å². The SMILES string of the molecule is COC(=O)C(C)C([OH2+])C(C)C(=O)Sc1ncc(C(F)(F)F)cc1C. The molecule has 5 nitrogen and oxygen atoms in total. The second kappa shape index (κ2) is 7.98. The number of rotatable bonds is 5. The summed E-state index contributed by atoms with van der Waals surface area (Å²) < 4.78 is 42.4. The van der Waals surface area contributed by atoms with Crippen molar-refractivity contribution in [2.24, 2.45) is 11.8 Å². The number of thioether (sulfide) groups is 1. The number of aryl methyl sites for hydroxylation is 1. The second-order valence-electron chi connectivity index (χ2n) is 5.39. The summed E-state index contributed by atoms with van der Waals surface area (Å²) in [4.78, 5) is 27.4. The number of carbonyl (C=O) groups is 2. The third-order valence-corrected chi connectivity index (χ3v) is 4.77. The van der Waals surface area contributed by atoms with Crippen LogP contribution >= 0.6 is 11.8 Å². The molecule has 0 saturated heterocycles. The van der Waals surface area contributed by atoms with Crippen LogP contribution in [0.1, 0.15) is 25.0 Å². The Balaban J connectivity index is 2.86. The number of pyridine rings is 1. The molecule has 2 N–H and O–H groups in total. The summed E-state index contributed by atoms with van der Waals surface area (Å²) in [6.45, 7) is 4.41. The number of alkyl halides is 3. The van der Waals surface area contributed by atoms with E-state index in [0.717, 1.165) is 6.07 Å². The summed E-state index contributed by atoms with van der Waals surface area (Å²) in [5, 5.41) is 7.69. The fourth-order valence-electron chi connectivity index (χ4n) is 1.92. The summed E-state index contributed by atoms with van der Waals surface area (Å²) in [6, 6.07) is 0.919. The maximum absolute atomic E-state index is 12.6. The number of ether oxygens (including phenoxy) is 1. The molecule has 1 rings (SSSR count). The van der Waals surface area contributed by atoms with Gasteiger partial charge >= 0.3 is 12.1 Å². The van der Waals surface area contributed by atoms with E-state index in [1.165, 1.54) is 27.9 Å². The van der Waals surface area contributed by atoms with Crippen LogP contribution in [-0.2, 0) is 20.5 Å². The molecule has 1 aromatic heterocycles. The van der Waals surface area contributed by atoms with E-state index in [2.05, 4.69) is 9.72 Å². The predicted molar refractivity (Wildman–Crippen MR) is 82.6 cm³/mol. The molecule has 0 aliphatic rings. The quantitative estimate of drug-likeness (QED) is 0.455. The Morgan fingerprint density at radius 1 is 1.29 bits per heavy atom. The van der Waals surface area contributed by atoms with Crippen LogP contribution < -0.4 is 0 Å². The predicted octanol–water partition coefficient (Wildman–Crippen LogP) is 2.57. The van der Waals surface area contributed by atoms with Gasteiger partial charge in [0.05, 0.1) is 18.6 Å². The minimum atomic E-state index is -4.50. The highest BCUT2D eigenvalue weighted by atomic mass is 32.2. The number of esters is 1. The fraction of sp³-hybridized carbons (Fsp3) is 0.533. The first-order chi connectivity index (χ1) is 11.0. The molecule has 0 saturated carbocycles. The molecule has 1 aromatic rings. The van der Waals surface area contributed by atoms with Crippen molar-refractivity contribution in [2.75, 3.05) is 7.11 Å². The van der Waals surface area contributed by atoms with Gasteiger partial charge in [0.25, 0.3) is 0 Å². The summed E-state index contributed by atoms with van der Waals surface area (Å²) in [7, 11) is 1.20. The summed E-state index contributed by atoms with van der Waals surface area (Å²) in [6.07, 6.45) is -4.85. The maximum atomic E-state index is 12.6. The normalized spacial score (nSPS) is 15.5. The van der Waals surface area contributed by atoms with Crippen LogP contribution in [-0.4, -0.2) is 34.4 Å². The highest BCUT2D eigenvalue weighted by Gasteiger charge is 2.36. The summed E-state index contributed by atoms with van der Waals surface area (Å²) in [5.74, 6) is -2.20. The van der Waals surface area contributed by atoms with E-state index in [-0.39, 0.29) is 10.6 Å². The molecule has 0 bridgehead atoms. The molecule has 0 aliphatic carbocycles. The van der Waals surface area contributed by atoms with Crippen LogP contribution in [0.25, 0.3) is 0 Å². The lowest BCUT2D eigenvalue weighted by atomic mass is 9.94. The molecule has 0 fully saturated rings. The highest BCUT2D eigenvalue weighted by molar-refractivity contribution is 8.13. The third kappa shape index (κ3) is 4.94. The van der Waals surface area contributed by atoms with Crippen LogP contribution in [0.4, 0.5) is 13.2 Å². The van der Waals surface area contributed by atoms with Gasteiger partial charge in [-0.1, -0.05) is 0 Å². The van der Waals surface area contributed by atoms with Crippen molar-refractivity contribution >= 4 is 22.8 Å². The second-order valence-corrected chi connectivity index (χ2v) is 6.38. The Labute approximate surface area is 141 Å². The molecular weight excluding hydrogens is 347 g/mol. The molecule has 0 aromatic carbocycles. The molecule has 0 aliphatic heterocycles. The Kier molecular flexibility index (Phi) is 6.79. The first-order valence-corrected chi connectivity index (χ1v) is 7.85. The highest BCUT2D eigenvalue weighted by Crippen LogP contribution is 2.32. The van der Waals surface area contributed by atoms with Crippen LogP contribution in [0.2, 0.25) is 0 Å². The van der Waals surface area contributed by atoms with Crippen LogP contribution in [0.3, 0.4) is 0 Å². The van der Waals surface area contributed by atoms with Crippen molar-refractivity contribution in [3.8, 4) is 0 Å².